The summed E-state index contributed by atoms with van der Waals surface area (Å²) in [6.45, 7) is 4.33. The Morgan fingerprint density at radius 2 is 2.14 bits per heavy atom. The first-order chi connectivity index (χ1) is 10.1. The summed E-state index contributed by atoms with van der Waals surface area (Å²) < 4.78 is 2.23. The van der Waals surface area contributed by atoms with E-state index >= 15 is 0 Å². The number of rotatable bonds is 5. The van der Waals surface area contributed by atoms with Gasteiger partial charge >= 0.3 is 0 Å². The van der Waals surface area contributed by atoms with E-state index < -0.39 is 0 Å². The molecule has 1 aliphatic carbocycles. The molecule has 0 unspecified atom stereocenters. The largest absolute Gasteiger partial charge is 0.308 e. The molecule has 0 atom stereocenters. The lowest BCUT2D eigenvalue weighted by Crippen LogP contribution is -2.35. The second-order valence-corrected chi connectivity index (χ2v) is 7.61. The van der Waals surface area contributed by atoms with Crippen LogP contribution in [0.1, 0.15) is 45.4 Å². The highest BCUT2D eigenvalue weighted by Crippen LogP contribution is 2.33. The maximum atomic E-state index is 4.67. The first kappa shape index (κ1) is 14.9. The van der Waals surface area contributed by atoms with Crippen LogP contribution in [-0.2, 0) is 5.54 Å². The van der Waals surface area contributed by atoms with Gasteiger partial charge in [-0.1, -0.05) is 12.8 Å². The van der Waals surface area contributed by atoms with E-state index in [1.165, 1.54) is 41.8 Å². The van der Waals surface area contributed by atoms with Gasteiger partial charge in [-0.15, -0.1) is 11.8 Å². The Kier molecular flexibility index (Phi) is 4.27. The number of hydrogen-bond acceptors (Lipinski definition) is 3. The van der Waals surface area contributed by atoms with Crippen molar-refractivity contribution < 1.29 is 0 Å². The zero-order valence-electron chi connectivity index (χ0n) is 13.2. The number of pyridine rings is 1. The summed E-state index contributed by atoms with van der Waals surface area (Å²) in [6, 6.07) is 4.37. The van der Waals surface area contributed by atoms with Crippen molar-refractivity contribution in [3.63, 3.8) is 0 Å². The molecule has 0 aromatic carbocycles. The topological polar surface area (TPSA) is 29.3 Å². The maximum Gasteiger partial charge on any atom is 0.133 e. The number of fused-ring (bicyclic) bond motifs is 1. The average Bonchev–Trinajstić information content (AvgIpc) is 3.14. The Morgan fingerprint density at radius 3 is 2.86 bits per heavy atom. The van der Waals surface area contributed by atoms with E-state index in [1.54, 1.807) is 0 Å². The van der Waals surface area contributed by atoms with Crippen LogP contribution < -0.4 is 5.32 Å². The third-order valence-electron chi connectivity index (χ3n) is 4.67. The Morgan fingerprint density at radius 1 is 1.38 bits per heavy atom. The van der Waals surface area contributed by atoms with Gasteiger partial charge in [-0.25, -0.2) is 4.98 Å². The summed E-state index contributed by atoms with van der Waals surface area (Å²) in [5.74, 6) is 3.23. The fourth-order valence-electron chi connectivity index (χ4n) is 3.08. The Labute approximate surface area is 131 Å². The molecule has 3 nitrogen and oxygen atoms in total. The van der Waals surface area contributed by atoms with E-state index in [1.807, 2.05) is 25.0 Å². The van der Waals surface area contributed by atoms with E-state index in [4.69, 9.17) is 0 Å². The molecule has 1 saturated carbocycles. The summed E-state index contributed by atoms with van der Waals surface area (Å²) in [6.07, 6.45) is 9.80. The zero-order chi connectivity index (χ0) is 14.9. The van der Waals surface area contributed by atoms with Crippen LogP contribution >= 0.6 is 11.8 Å². The lowest BCUT2D eigenvalue weighted by molar-refractivity contribution is 0.415. The zero-order valence-corrected chi connectivity index (χ0v) is 14.0. The second-order valence-electron chi connectivity index (χ2n) is 6.55. The van der Waals surface area contributed by atoms with Gasteiger partial charge in [0.1, 0.15) is 5.82 Å². The molecule has 4 heteroatoms. The third kappa shape index (κ3) is 2.97. The summed E-state index contributed by atoms with van der Waals surface area (Å²) in [7, 11) is 1.99. The standard InChI is InChI=1S/C17H25N3S/c1-17(2,18-3)16-19-11-14-15(9-6-10-20(14)16)21-12-13-7-4-5-8-13/h6,9-11,13,18H,4-5,7-8,12H2,1-3H3. The molecule has 0 radical (unpaired) electrons. The molecule has 3 rings (SSSR count). The number of nitrogens with zero attached hydrogens (tertiary/aromatic N) is 2. The van der Waals surface area contributed by atoms with Crippen LogP contribution in [0, 0.1) is 5.92 Å². The molecule has 2 aromatic heterocycles. The molecular formula is C17H25N3S. The minimum atomic E-state index is -0.124. The molecule has 1 N–H and O–H groups in total. The Bertz CT molecular complexity index is 612. The van der Waals surface area contributed by atoms with Crippen LogP contribution in [0.3, 0.4) is 0 Å². The maximum absolute atomic E-state index is 4.67. The highest BCUT2D eigenvalue weighted by atomic mass is 32.2. The minimum Gasteiger partial charge on any atom is -0.308 e. The van der Waals surface area contributed by atoms with Gasteiger partial charge in [-0.05, 0) is 51.8 Å². The molecule has 1 fully saturated rings. The van der Waals surface area contributed by atoms with Gasteiger partial charge in [0, 0.05) is 16.8 Å². The second kappa shape index (κ2) is 6.01. The van der Waals surface area contributed by atoms with Crippen molar-refractivity contribution >= 4 is 17.3 Å². The molecule has 114 valence electrons. The number of nitrogens with one attached hydrogen (secondary N) is 1. The van der Waals surface area contributed by atoms with Crippen molar-refractivity contribution in [1.82, 2.24) is 14.7 Å². The van der Waals surface area contributed by atoms with Gasteiger partial charge in [-0.3, -0.25) is 0 Å². The van der Waals surface area contributed by atoms with Crippen LogP contribution in [0.2, 0.25) is 0 Å². The van der Waals surface area contributed by atoms with Crippen molar-refractivity contribution in [2.45, 2.75) is 50.0 Å². The van der Waals surface area contributed by atoms with Crippen LogP contribution in [-0.4, -0.2) is 22.2 Å². The van der Waals surface area contributed by atoms with E-state index in [0.29, 0.717) is 0 Å². The van der Waals surface area contributed by atoms with Crippen molar-refractivity contribution in [3.8, 4) is 0 Å². The predicted octanol–water partition coefficient (Wildman–Crippen LogP) is 4.07. The quantitative estimate of drug-likeness (QED) is 0.844. The van der Waals surface area contributed by atoms with Gasteiger partial charge in [-0.2, -0.15) is 0 Å². The van der Waals surface area contributed by atoms with Gasteiger partial charge in [0.15, 0.2) is 0 Å². The molecule has 0 bridgehead atoms. The summed E-state index contributed by atoms with van der Waals surface area (Å²) in [5.41, 5.74) is 1.11. The summed E-state index contributed by atoms with van der Waals surface area (Å²) in [5, 5.41) is 3.34. The van der Waals surface area contributed by atoms with Crippen LogP contribution in [0.25, 0.3) is 5.52 Å². The molecule has 21 heavy (non-hydrogen) atoms. The fourth-order valence-corrected chi connectivity index (χ4v) is 4.30. The van der Waals surface area contributed by atoms with Gasteiger partial charge < -0.3 is 9.72 Å². The number of thioether (sulfide) groups is 1. The van der Waals surface area contributed by atoms with E-state index in [0.717, 1.165) is 11.7 Å². The molecule has 0 aliphatic heterocycles. The lowest BCUT2D eigenvalue weighted by Gasteiger charge is -2.22. The summed E-state index contributed by atoms with van der Waals surface area (Å²) >= 11 is 2.00. The Hall–Kier alpha value is -1.00. The SMILES string of the molecule is CNC(C)(C)c1ncc2c(SCC3CCCC3)cccn12. The van der Waals surface area contributed by atoms with E-state index in [2.05, 4.69) is 46.9 Å². The number of hydrogen-bond donors (Lipinski definition) is 1. The molecule has 0 saturated heterocycles. The smallest absolute Gasteiger partial charge is 0.133 e. The molecule has 2 heterocycles. The third-order valence-corrected chi connectivity index (χ3v) is 5.96. The van der Waals surface area contributed by atoms with E-state index in [9.17, 15) is 0 Å². The molecular weight excluding hydrogens is 278 g/mol. The lowest BCUT2D eigenvalue weighted by atomic mass is 10.1. The van der Waals surface area contributed by atoms with Gasteiger partial charge in [0.05, 0.1) is 17.3 Å². The number of imidazole rings is 1. The molecule has 0 amide bonds. The van der Waals surface area contributed by atoms with Gasteiger partial charge in [0.2, 0.25) is 0 Å². The molecule has 2 aromatic rings. The van der Waals surface area contributed by atoms with Gasteiger partial charge in [0.25, 0.3) is 0 Å². The van der Waals surface area contributed by atoms with Crippen molar-refractivity contribution in [2.75, 3.05) is 12.8 Å². The first-order valence-electron chi connectivity index (χ1n) is 7.90. The predicted molar refractivity (Wildman–Crippen MR) is 90.0 cm³/mol. The summed E-state index contributed by atoms with van der Waals surface area (Å²) in [4.78, 5) is 6.02. The van der Waals surface area contributed by atoms with Crippen LogP contribution in [0.5, 0.6) is 0 Å². The van der Waals surface area contributed by atoms with Crippen LogP contribution in [0.4, 0.5) is 0 Å². The first-order valence-corrected chi connectivity index (χ1v) is 8.88. The number of aromatic nitrogens is 2. The highest BCUT2D eigenvalue weighted by Gasteiger charge is 2.24. The van der Waals surface area contributed by atoms with Crippen molar-refractivity contribution in [3.05, 3.63) is 30.4 Å². The normalized spacial score (nSPS) is 16.9. The highest BCUT2D eigenvalue weighted by molar-refractivity contribution is 7.99. The minimum absolute atomic E-state index is 0.124. The van der Waals surface area contributed by atoms with Crippen molar-refractivity contribution in [1.29, 1.82) is 0 Å². The Balaban J connectivity index is 1.86. The van der Waals surface area contributed by atoms with E-state index in [-0.39, 0.29) is 5.54 Å². The average molecular weight is 303 g/mol. The van der Waals surface area contributed by atoms with Crippen molar-refractivity contribution in [2.24, 2.45) is 5.92 Å². The molecule has 1 aliphatic rings. The monoisotopic (exact) mass is 303 g/mol. The van der Waals surface area contributed by atoms with Crippen LogP contribution in [0.15, 0.2) is 29.4 Å². The fraction of sp³-hybridized carbons (Fsp3) is 0.588. The molecule has 0 spiro atoms.